The highest BCUT2D eigenvalue weighted by molar-refractivity contribution is 5.74. The van der Waals surface area contributed by atoms with E-state index in [-0.39, 0.29) is 39.8 Å². The van der Waals surface area contributed by atoms with Crippen LogP contribution in [0.5, 0.6) is 121 Å². The first-order chi connectivity index (χ1) is 47.3. The summed E-state index contributed by atoms with van der Waals surface area (Å²) in [6.07, 6.45) is 0. The maximum Gasteiger partial charge on any atom is 0.467 e. The zero-order valence-corrected chi connectivity index (χ0v) is 57.9. The summed E-state index contributed by atoms with van der Waals surface area (Å²) in [5.74, 6) is 9.52. The van der Waals surface area contributed by atoms with Crippen molar-refractivity contribution in [3.63, 3.8) is 0 Å². The summed E-state index contributed by atoms with van der Waals surface area (Å²) in [6, 6.07) is 22.5. The Morgan fingerprint density at radius 2 is 0.214 bits per heavy atom. The van der Waals surface area contributed by atoms with E-state index in [1.165, 1.54) is 149 Å². The molecule has 0 heterocycles. The molecule has 35 heteroatoms. The highest BCUT2D eigenvalue weighted by atomic mass is 16.5. The van der Waals surface area contributed by atoms with E-state index in [1.807, 2.05) is 0 Å². The molecule has 0 bridgehead atoms. The third-order valence-corrected chi connectivity index (χ3v) is 12.5. The van der Waals surface area contributed by atoms with Gasteiger partial charge < -0.3 is 99.5 Å². The molecular weight excluding hydrogens is 1290 g/mol. The largest absolute Gasteiger partial charge is 0.496 e. The van der Waals surface area contributed by atoms with Crippen molar-refractivity contribution in [3.05, 3.63) is 120 Å². The van der Waals surface area contributed by atoms with Crippen LogP contribution in [-0.4, -0.2) is 149 Å². The summed E-state index contributed by atoms with van der Waals surface area (Å²) < 4.78 is 105. The molecule has 7 aromatic rings. The van der Waals surface area contributed by atoms with Crippen molar-refractivity contribution in [2.45, 2.75) is 0 Å². The molecule has 7 aromatic carbocycles. The van der Waals surface area contributed by atoms with Crippen LogP contribution in [0.15, 0.2) is 84.9 Å². The lowest BCUT2D eigenvalue weighted by atomic mass is 10.2. The van der Waals surface area contributed by atoms with E-state index in [0.717, 1.165) is 0 Å². The van der Waals surface area contributed by atoms with Crippen LogP contribution in [0.25, 0.3) is 34.8 Å². The molecule has 0 N–H and O–H groups in total. The molecule has 518 valence electrons. The second-order valence-electron chi connectivity index (χ2n) is 17.4. The molecule has 0 radical (unpaired) electrons. The second kappa shape index (κ2) is 44.7. The molecule has 0 aliphatic rings. The van der Waals surface area contributed by atoms with Gasteiger partial charge in [0, 0.05) is 84.9 Å². The quantitative estimate of drug-likeness (QED) is 0.0603. The van der Waals surface area contributed by atoms with Crippen LogP contribution >= 0.6 is 0 Å². The van der Waals surface area contributed by atoms with Gasteiger partial charge in [-0.1, -0.05) is 0 Å². The van der Waals surface area contributed by atoms with Crippen molar-refractivity contribution in [2.24, 2.45) is 0 Å². The minimum atomic E-state index is 0.246. The van der Waals surface area contributed by atoms with Gasteiger partial charge in [0.15, 0.2) is 34.8 Å². The Bertz CT molecular complexity index is 3140. The van der Waals surface area contributed by atoms with E-state index in [9.17, 15) is 0 Å². The molecule has 0 fully saturated rings. The van der Waals surface area contributed by atoms with Gasteiger partial charge in [0.05, 0.1) is 149 Å². The van der Waals surface area contributed by atoms with Crippen LogP contribution in [0.3, 0.4) is 0 Å². The summed E-state index contributed by atoms with van der Waals surface area (Å²) in [5.41, 5.74) is 1.72. The molecule has 0 aromatic heterocycles. The van der Waals surface area contributed by atoms with E-state index in [2.05, 4.69) is 34.8 Å². The SMILES string of the molecule is COc1cc(OC)c([N+]#N)c(OC)c1.COc1cc(OC)c([N+]#N)c(OC)c1.COc1cc(OC)c([N+]#N)c(OC)c1.COc1cc(OC)c([N+]#N)c(OC)c1.COc1cc(OC)c([N+]#N)c(OC)c1.COc1cc(OC)c([N+]#N)c(OC)c1.COc1cc(OC)c([N+]#N)c(OC)c1. The van der Waals surface area contributed by atoms with Gasteiger partial charge in [-0.3, -0.25) is 0 Å². The monoisotopic (exact) mass is 1370 g/mol. The summed E-state index contributed by atoms with van der Waals surface area (Å²) in [6.45, 7) is 0. The molecule has 7 rings (SSSR count). The number of ether oxygens (including phenoxy) is 21. The first kappa shape index (κ1) is 82.3. The molecule has 0 spiro atoms. The Labute approximate surface area is 565 Å². The smallest absolute Gasteiger partial charge is 0.467 e. The van der Waals surface area contributed by atoms with Gasteiger partial charge >= 0.3 is 39.8 Å². The van der Waals surface area contributed by atoms with Crippen LogP contribution in [-0.2, 0) is 0 Å². The summed E-state index contributed by atoms with van der Waals surface area (Å²) in [4.78, 5) is 21.6. The molecule has 98 heavy (non-hydrogen) atoms. The average molecular weight is 1370 g/mol. The fraction of sp³-hybridized carbons (Fsp3) is 0.333. The second-order valence-corrected chi connectivity index (χ2v) is 17.4. The highest BCUT2D eigenvalue weighted by Crippen LogP contribution is 2.46. The Hall–Kier alpha value is -13.7. The Kier molecular flexibility index (Phi) is 37.6. The first-order valence-corrected chi connectivity index (χ1v) is 27.4. The number of methoxy groups -OCH3 is 21. The lowest BCUT2D eigenvalue weighted by molar-refractivity contribution is 0.378. The van der Waals surface area contributed by atoms with Gasteiger partial charge in [-0.2, -0.15) is 0 Å². The van der Waals surface area contributed by atoms with Crippen molar-refractivity contribution in [1.29, 1.82) is 37.7 Å². The van der Waals surface area contributed by atoms with Crippen molar-refractivity contribution in [1.82, 2.24) is 0 Å². The van der Waals surface area contributed by atoms with Gasteiger partial charge in [-0.15, -0.1) is 0 Å². The number of hydrogen-bond acceptors (Lipinski definition) is 28. The Balaban J connectivity index is 0.000000572. The number of nitrogens with zero attached hydrogens (tertiary/aromatic N) is 14. The molecule has 0 saturated heterocycles. The van der Waals surface area contributed by atoms with E-state index in [4.69, 9.17) is 137 Å². The van der Waals surface area contributed by atoms with Crippen molar-refractivity contribution >= 4 is 39.8 Å². The highest BCUT2D eigenvalue weighted by Gasteiger charge is 2.30. The summed E-state index contributed by atoms with van der Waals surface area (Å²) in [5, 5.41) is 61.2. The molecule has 0 amide bonds. The maximum atomic E-state index is 8.75. The van der Waals surface area contributed by atoms with Gasteiger partial charge in [0.1, 0.15) is 40.2 Å². The zero-order valence-electron chi connectivity index (χ0n) is 57.9. The summed E-state index contributed by atoms with van der Waals surface area (Å²) >= 11 is 0. The summed E-state index contributed by atoms with van der Waals surface area (Å²) in [7, 11) is 31.4. The van der Waals surface area contributed by atoms with E-state index < -0.39 is 0 Å². The van der Waals surface area contributed by atoms with Gasteiger partial charge in [-0.25, -0.2) is 0 Å². The standard InChI is InChI=1S/7C9H11N2O3/c7*1-12-6-4-7(13-2)9(11-10)8(5-6)14-3/h7*4-5H,1-3H3/q7*+1. The Morgan fingerprint density at radius 3 is 0.255 bits per heavy atom. The predicted octanol–water partition coefficient (Wildman–Crippen LogP) is 15.4. The fourth-order valence-electron chi connectivity index (χ4n) is 7.60. The number of rotatable bonds is 21. The first-order valence-electron chi connectivity index (χ1n) is 27.4. The minimum absolute atomic E-state index is 0.246. The van der Waals surface area contributed by atoms with Crippen LogP contribution in [0, 0.1) is 37.7 Å². The van der Waals surface area contributed by atoms with Gasteiger partial charge in [0.2, 0.25) is 118 Å². The lowest BCUT2D eigenvalue weighted by Gasteiger charge is -2.04. The average Bonchev–Trinajstić information content (AvgIpc) is 0.944. The van der Waals surface area contributed by atoms with Crippen molar-refractivity contribution in [2.75, 3.05) is 149 Å². The molecular formula is C63H77N14O21+7. The third-order valence-electron chi connectivity index (χ3n) is 12.5. The number of benzene rings is 7. The molecule has 0 aliphatic carbocycles. The topological polar surface area (TPSA) is 391 Å². The molecule has 35 nitrogen and oxygen atoms in total. The molecule has 0 saturated carbocycles. The maximum absolute atomic E-state index is 8.75. The molecule has 0 aliphatic heterocycles. The van der Waals surface area contributed by atoms with E-state index in [1.54, 1.807) is 84.9 Å². The number of hydrogen-bond donors (Lipinski definition) is 0. The normalized spacial score (nSPS) is 9.00. The van der Waals surface area contributed by atoms with Gasteiger partial charge in [-0.05, 0) is 0 Å². The number of diazo groups is 7. The van der Waals surface area contributed by atoms with Crippen LogP contribution in [0.2, 0.25) is 0 Å². The van der Waals surface area contributed by atoms with Crippen LogP contribution < -0.4 is 99.5 Å². The molecule has 0 atom stereocenters. The predicted molar refractivity (Wildman–Crippen MR) is 356 cm³/mol. The van der Waals surface area contributed by atoms with Gasteiger partial charge in [0.25, 0.3) is 0 Å². The van der Waals surface area contributed by atoms with E-state index >= 15 is 0 Å². The minimum Gasteiger partial charge on any atom is -0.496 e. The van der Waals surface area contributed by atoms with Crippen LogP contribution in [0.4, 0.5) is 39.8 Å². The van der Waals surface area contributed by atoms with Crippen molar-refractivity contribution in [3.8, 4) is 121 Å². The molecule has 0 unspecified atom stereocenters. The van der Waals surface area contributed by atoms with Crippen molar-refractivity contribution < 1.29 is 99.5 Å². The van der Waals surface area contributed by atoms with E-state index in [0.29, 0.717) is 121 Å². The zero-order chi connectivity index (χ0) is 73.9. The lowest BCUT2D eigenvalue weighted by Crippen LogP contribution is -1.90. The van der Waals surface area contributed by atoms with Crippen LogP contribution in [0.1, 0.15) is 0 Å². The fourth-order valence-corrected chi connectivity index (χ4v) is 7.60. The Morgan fingerprint density at radius 1 is 0.143 bits per heavy atom. The third kappa shape index (κ3) is 22.8.